The third-order valence-corrected chi connectivity index (χ3v) is 10.4. The van der Waals surface area contributed by atoms with Crippen LogP contribution in [0.5, 0.6) is 0 Å². The van der Waals surface area contributed by atoms with Gasteiger partial charge in [-0.15, -0.1) is 0 Å². The molecule has 7 aromatic carbocycles. The molecule has 0 saturated heterocycles. The highest BCUT2D eigenvalue weighted by Crippen LogP contribution is 2.38. The number of fused-ring (bicyclic) bond motifs is 1. The zero-order chi connectivity index (χ0) is 36.5. The minimum absolute atomic E-state index is 1.14. The SMILES string of the molecule is Cc1ccc(C(=CC=Cc2ccc(N(c3ccc(C=C(c4ccccc4)c4ccccc4)cc3)c3ccc4c(c3)CCCC4)cc2)c2ccccc2)cc1. The van der Waals surface area contributed by atoms with Gasteiger partial charge in [0, 0.05) is 17.1 Å². The van der Waals surface area contributed by atoms with Gasteiger partial charge in [0.25, 0.3) is 0 Å². The Balaban J connectivity index is 1.12. The molecule has 7 aromatic rings. The van der Waals surface area contributed by atoms with Crippen molar-refractivity contribution in [1.82, 2.24) is 0 Å². The molecule has 1 aliphatic rings. The molecule has 262 valence electrons. The van der Waals surface area contributed by atoms with Gasteiger partial charge in [-0.2, -0.15) is 0 Å². The fraction of sp³-hybridized carbons (Fsp3) is 0.0943. The molecule has 0 N–H and O–H groups in total. The zero-order valence-corrected chi connectivity index (χ0v) is 30.9. The number of allylic oxidation sites excluding steroid dienone is 2. The molecule has 1 nitrogen and oxygen atoms in total. The fourth-order valence-electron chi connectivity index (χ4n) is 7.46. The van der Waals surface area contributed by atoms with Crippen molar-refractivity contribution in [3.05, 3.63) is 244 Å². The average molecular weight is 696 g/mol. The Labute approximate surface area is 320 Å². The predicted octanol–water partition coefficient (Wildman–Crippen LogP) is 14.1. The predicted molar refractivity (Wildman–Crippen MR) is 231 cm³/mol. The monoisotopic (exact) mass is 695 g/mol. The second-order valence-electron chi connectivity index (χ2n) is 14.1. The van der Waals surface area contributed by atoms with Crippen molar-refractivity contribution in [1.29, 1.82) is 0 Å². The van der Waals surface area contributed by atoms with Gasteiger partial charge >= 0.3 is 0 Å². The van der Waals surface area contributed by atoms with Gasteiger partial charge in [-0.3, -0.25) is 0 Å². The molecule has 8 rings (SSSR count). The Morgan fingerprint density at radius 3 is 1.50 bits per heavy atom. The number of aryl methyl sites for hydroxylation is 3. The van der Waals surface area contributed by atoms with E-state index in [9.17, 15) is 0 Å². The quantitative estimate of drug-likeness (QED) is 0.102. The second-order valence-corrected chi connectivity index (χ2v) is 14.1. The highest BCUT2D eigenvalue weighted by molar-refractivity contribution is 5.92. The van der Waals surface area contributed by atoms with Crippen molar-refractivity contribution >= 4 is 40.4 Å². The second kappa shape index (κ2) is 16.5. The number of hydrogen-bond donors (Lipinski definition) is 0. The zero-order valence-electron chi connectivity index (χ0n) is 30.9. The van der Waals surface area contributed by atoms with Crippen LogP contribution in [0.15, 0.2) is 194 Å². The van der Waals surface area contributed by atoms with Crippen LogP contribution in [0.2, 0.25) is 0 Å². The molecule has 0 fully saturated rings. The summed E-state index contributed by atoms with van der Waals surface area (Å²) in [7, 11) is 0. The molecule has 0 saturated carbocycles. The first kappa shape index (κ1) is 34.6. The Morgan fingerprint density at radius 2 is 0.926 bits per heavy atom. The van der Waals surface area contributed by atoms with Gasteiger partial charge in [0.15, 0.2) is 0 Å². The minimum Gasteiger partial charge on any atom is -0.310 e. The summed E-state index contributed by atoms with van der Waals surface area (Å²) in [6, 6.07) is 65.8. The lowest BCUT2D eigenvalue weighted by molar-refractivity contribution is 0.685. The van der Waals surface area contributed by atoms with Crippen LogP contribution in [0.25, 0.3) is 23.3 Å². The van der Waals surface area contributed by atoms with Crippen LogP contribution in [-0.2, 0) is 12.8 Å². The molecular formula is C53H45N. The lowest BCUT2D eigenvalue weighted by Gasteiger charge is -2.27. The van der Waals surface area contributed by atoms with E-state index in [2.05, 4.69) is 218 Å². The summed E-state index contributed by atoms with van der Waals surface area (Å²) in [5.74, 6) is 0. The number of anilines is 3. The molecule has 0 amide bonds. The molecule has 0 unspecified atom stereocenters. The van der Waals surface area contributed by atoms with Gasteiger partial charge in [0.05, 0.1) is 0 Å². The van der Waals surface area contributed by atoms with E-state index in [1.165, 1.54) is 80.6 Å². The summed E-state index contributed by atoms with van der Waals surface area (Å²) in [6.45, 7) is 2.13. The van der Waals surface area contributed by atoms with E-state index in [4.69, 9.17) is 0 Å². The topological polar surface area (TPSA) is 3.24 Å². The largest absolute Gasteiger partial charge is 0.310 e. The third kappa shape index (κ3) is 8.12. The van der Waals surface area contributed by atoms with Crippen LogP contribution in [0, 0.1) is 6.92 Å². The maximum Gasteiger partial charge on any atom is 0.0464 e. The van der Waals surface area contributed by atoms with E-state index in [0.717, 1.165) is 23.4 Å². The van der Waals surface area contributed by atoms with Gasteiger partial charge in [-0.1, -0.05) is 169 Å². The number of nitrogens with zero attached hydrogens (tertiary/aromatic N) is 1. The molecule has 54 heavy (non-hydrogen) atoms. The first-order valence-corrected chi connectivity index (χ1v) is 19.1. The fourth-order valence-corrected chi connectivity index (χ4v) is 7.46. The van der Waals surface area contributed by atoms with Crippen molar-refractivity contribution in [3.63, 3.8) is 0 Å². The maximum atomic E-state index is 2.42. The van der Waals surface area contributed by atoms with E-state index >= 15 is 0 Å². The molecule has 0 bridgehead atoms. The number of hydrogen-bond acceptors (Lipinski definition) is 1. The van der Waals surface area contributed by atoms with Crippen LogP contribution in [0.4, 0.5) is 17.1 Å². The molecule has 0 radical (unpaired) electrons. The van der Waals surface area contributed by atoms with Crippen molar-refractivity contribution in [3.8, 4) is 0 Å². The summed E-state index contributed by atoms with van der Waals surface area (Å²) in [5, 5.41) is 0. The van der Waals surface area contributed by atoms with E-state index in [1.807, 2.05) is 0 Å². The lowest BCUT2D eigenvalue weighted by atomic mass is 9.91. The molecule has 1 aliphatic carbocycles. The van der Waals surface area contributed by atoms with Gasteiger partial charge in [0.2, 0.25) is 0 Å². The van der Waals surface area contributed by atoms with Crippen LogP contribution in [0.3, 0.4) is 0 Å². The van der Waals surface area contributed by atoms with E-state index in [0.29, 0.717) is 0 Å². The number of benzene rings is 7. The van der Waals surface area contributed by atoms with Gasteiger partial charge in [-0.05, 0) is 131 Å². The van der Waals surface area contributed by atoms with Crippen LogP contribution < -0.4 is 4.90 Å². The first-order valence-electron chi connectivity index (χ1n) is 19.1. The highest BCUT2D eigenvalue weighted by Gasteiger charge is 2.16. The lowest BCUT2D eigenvalue weighted by Crippen LogP contribution is -2.12. The van der Waals surface area contributed by atoms with Gasteiger partial charge in [-0.25, -0.2) is 0 Å². The Morgan fingerprint density at radius 1 is 0.444 bits per heavy atom. The van der Waals surface area contributed by atoms with E-state index in [-0.39, 0.29) is 0 Å². The first-order chi connectivity index (χ1) is 26.7. The Bertz CT molecular complexity index is 2340. The van der Waals surface area contributed by atoms with E-state index in [1.54, 1.807) is 0 Å². The summed E-state index contributed by atoms with van der Waals surface area (Å²) in [6.07, 6.45) is 13.8. The summed E-state index contributed by atoms with van der Waals surface area (Å²) >= 11 is 0. The molecule has 1 heteroatoms. The standard InChI is InChI=1S/C53H45N/c1-40-24-30-47(31-25-40)52(44-16-5-2-6-17-44)23-13-14-41-26-33-49(34-27-41)54(51-37-32-43-15-11-12-22-48(43)39-51)50-35-28-42(29-36-50)38-53(45-18-7-3-8-19-45)46-20-9-4-10-21-46/h2-10,13-14,16-21,23-39H,11-12,15,22H2,1H3. The molecular weight excluding hydrogens is 651 g/mol. The Hall–Kier alpha value is -6.44. The van der Waals surface area contributed by atoms with Crippen molar-refractivity contribution in [2.24, 2.45) is 0 Å². The molecule has 0 aromatic heterocycles. The molecule has 0 heterocycles. The molecule has 0 aliphatic heterocycles. The highest BCUT2D eigenvalue weighted by atomic mass is 15.1. The minimum atomic E-state index is 1.14. The van der Waals surface area contributed by atoms with Gasteiger partial charge in [0.1, 0.15) is 0 Å². The van der Waals surface area contributed by atoms with Gasteiger partial charge < -0.3 is 4.90 Å². The van der Waals surface area contributed by atoms with Crippen LogP contribution >= 0.6 is 0 Å². The average Bonchev–Trinajstić information content (AvgIpc) is 3.24. The normalized spacial score (nSPS) is 12.6. The Kier molecular flexibility index (Phi) is 10.6. The van der Waals surface area contributed by atoms with Crippen molar-refractivity contribution in [2.45, 2.75) is 32.6 Å². The maximum absolute atomic E-state index is 2.42. The van der Waals surface area contributed by atoms with Crippen molar-refractivity contribution < 1.29 is 0 Å². The summed E-state index contributed by atoms with van der Waals surface area (Å²) in [4.78, 5) is 2.40. The summed E-state index contributed by atoms with van der Waals surface area (Å²) < 4.78 is 0. The smallest absolute Gasteiger partial charge is 0.0464 e. The molecule has 0 atom stereocenters. The third-order valence-electron chi connectivity index (χ3n) is 10.4. The van der Waals surface area contributed by atoms with E-state index < -0.39 is 0 Å². The number of rotatable bonds is 10. The molecule has 0 spiro atoms. The van der Waals surface area contributed by atoms with Crippen LogP contribution in [0.1, 0.15) is 62.9 Å². The summed E-state index contributed by atoms with van der Waals surface area (Å²) in [5.41, 5.74) is 17.3. The van der Waals surface area contributed by atoms with Crippen LogP contribution in [-0.4, -0.2) is 0 Å². The van der Waals surface area contributed by atoms with Crippen molar-refractivity contribution in [2.75, 3.05) is 4.90 Å².